The molecule has 0 atom stereocenters. The lowest BCUT2D eigenvalue weighted by Gasteiger charge is -2.28. The van der Waals surface area contributed by atoms with Crippen molar-refractivity contribution in [1.29, 1.82) is 0 Å². The lowest BCUT2D eigenvalue weighted by molar-refractivity contribution is 0.0953. The molecule has 1 saturated heterocycles. The average Bonchev–Trinajstić information content (AvgIpc) is 2.67. The summed E-state index contributed by atoms with van der Waals surface area (Å²) in [5, 5.41) is 2.87. The molecule has 0 radical (unpaired) electrons. The average molecular weight is 342 g/mol. The van der Waals surface area contributed by atoms with Crippen LogP contribution in [0.3, 0.4) is 0 Å². The van der Waals surface area contributed by atoms with Crippen LogP contribution in [0, 0.1) is 5.82 Å². The van der Waals surface area contributed by atoms with Gasteiger partial charge in [0.15, 0.2) is 0 Å². The molecule has 0 aliphatic carbocycles. The molecule has 1 amide bonds. The Balaban J connectivity index is 1.41. The number of nitrogens with zero attached hydrogens (tertiary/aromatic N) is 1. The molecule has 3 rings (SSSR count). The molecule has 1 aliphatic rings. The second-order valence-corrected chi connectivity index (χ2v) is 6.13. The van der Waals surface area contributed by atoms with Crippen LogP contribution in [0.5, 0.6) is 0 Å². The molecule has 1 heterocycles. The Morgan fingerprint density at radius 1 is 1.04 bits per heavy atom. The largest absolute Gasteiger partial charge is 0.378 e. The molecule has 0 bridgehead atoms. The minimum Gasteiger partial charge on any atom is -0.378 e. The van der Waals surface area contributed by atoms with Gasteiger partial charge in [0.1, 0.15) is 5.82 Å². The van der Waals surface area contributed by atoms with Crippen LogP contribution in [0.4, 0.5) is 10.1 Å². The van der Waals surface area contributed by atoms with Crippen molar-refractivity contribution in [2.24, 2.45) is 0 Å². The molecule has 0 spiro atoms. The molecule has 1 fully saturated rings. The van der Waals surface area contributed by atoms with Gasteiger partial charge in [-0.25, -0.2) is 4.39 Å². The van der Waals surface area contributed by atoms with E-state index in [0.717, 1.165) is 39.1 Å². The summed E-state index contributed by atoms with van der Waals surface area (Å²) in [6.07, 6.45) is 1.77. The third kappa shape index (κ3) is 5.03. The summed E-state index contributed by atoms with van der Waals surface area (Å²) >= 11 is 0. The highest BCUT2D eigenvalue weighted by molar-refractivity contribution is 5.94. The third-order valence-electron chi connectivity index (χ3n) is 4.35. The van der Waals surface area contributed by atoms with Gasteiger partial charge in [-0.1, -0.05) is 12.1 Å². The number of ether oxygens (including phenoxy) is 1. The van der Waals surface area contributed by atoms with Gasteiger partial charge >= 0.3 is 0 Å². The van der Waals surface area contributed by atoms with Crippen LogP contribution in [-0.4, -0.2) is 38.8 Å². The minimum absolute atomic E-state index is 0.164. The molecule has 5 heteroatoms. The van der Waals surface area contributed by atoms with E-state index in [2.05, 4.69) is 34.5 Å². The Bertz CT molecular complexity index is 680. The van der Waals surface area contributed by atoms with E-state index in [1.165, 1.54) is 35.5 Å². The number of hydrogen-bond donors (Lipinski definition) is 1. The van der Waals surface area contributed by atoms with Crippen LogP contribution in [-0.2, 0) is 11.2 Å². The van der Waals surface area contributed by atoms with Gasteiger partial charge in [0, 0.05) is 30.9 Å². The molecule has 0 saturated carbocycles. The first-order valence-corrected chi connectivity index (χ1v) is 8.68. The van der Waals surface area contributed by atoms with E-state index in [-0.39, 0.29) is 11.7 Å². The number of benzene rings is 2. The highest BCUT2D eigenvalue weighted by Gasteiger charge is 2.10. The van der Waals surface area contributed by atoms with Crippen molar-refractivity contribution < 1.29 is 13.9 Å². The highest BCUT2D eigenvalue weighted by atomic mass is 19.1. The van der Waals surface area contributed by atoms with E-state index in [9.17, 15) is 9.18 Å². The maximum Gasteiger partial charge on any atom is 0.251 e. The highest BCUT2D eigenvalue weighted by Crippen LogP contribution is 2.17. The van der Waals surface area contributed by atoms with Crippen LogP contribution in [0.25, 0.3) is 0 Å². The molecule has 4 nitrogen and oxygen atoms in total. The van der Waals surface area contributed by atoms with Gasteiger partial charge in [0.05, 0.1) is 13.2 Å². The SMILES string of the molecule is O=C(NCCCc1ccc(N2CCOCC2)cc1)c1ccc(F)cc1. The van der Waals surface area contributed by atoms with Crippen LogP contribution >= 0.6 is 0 Å². The number of hydrogen-bond acceptors (Lipinski definition) is 3. The number of carbonyl (C=O) groups excluding carboxylic acids is 1. The molecular formula is C20H23FN2O2. The molecule has 1 aliphatic heterocycles. The summed E-state index contributed by atoms with van der Waals surface area (Å²) < 4.78 is 18.2. The van der Waals surface area contributed by atoms with Crippen LogP contribution < -0.4 is 10.2 Å². The van der Waals surface area contributed by atoms with Gasteiger partial charge < -0.3 is 15.0 Å². The Morgan fingerprint density at radius 2 is 1.72 bits per heavy atom. The Morgan fingerprint density at radius 3 is 2.40 bits per heavy atom. The van der Waals surface area contributed by atoms with Crippen molar-refractivity contribution in [2.75, 3.05) is 37.7 Å². The number of morpholine rings is 1. The fourth-order valence-corrected chi connectivity index (χ4v) is 2.89. The van der Waals surface area contributed by atoms with E-state index in [4.69, 9.17) is 4.74 Å². The molecule has 2 aromatic rings. The number of nitrogens with one attached hydrogen (secondary N) is 1. The Hall–Kier alpha value is -2.40. The van der Waals surface area contributed by atoms with Gasteiger partial charge in [-0.05, 0) is 54.8 Å². The van der Waals surface area contributed by atoms with Gasteiger partial charge in [0.25, 0.3) is 5.91 Å². The number of aryl methyl sites for hydroxylation is 1. The summed E-state index contributed by atoms with van der Waals surface area (Å²) in [4.78, 5) is 14.3. The fourth-order valence-electron chi connectivity index (χ4n) is 2.89. The lowest BCUT2D eigenvalue weighted by Crippen LogP contribution is -2.36. The third-order valence-corrected chi connectivity index (χ3v) is 4.35. The van der Waals surface area contributed by atoms with E-state index < -0.39 is 0 Å². The van der Waals surface area contributed by atoms with Gasteiger partial charge in [0.2, 0.25) is 0 Å². The summed E-state index contributed by atoms with van der Waals surface area (Å²) in [7, 11) is 0. The Kier molecular flexibility index (Phi) is 6.01. The standard InChI is InChI=1S/C20H23FN2O2/c21-18-7-5-17(6-8-18)20(24)22-11-1-2-16-3-9-19(10-4-16)23-12-14-25-15-13-23/h3-10H,1-2,11-15H2,(H,22,24). The van der Waals surface area contributed by atoms with Gasteiger partial charge in [-0.15, -0.1) is 0 Å². The van der Waals surface area contributed by atoms with Crippen LogP contribution in [0.2, 0.25) is 0 Å². The van der Waals surface area contributed by atoms with Crippen LogP contribution in [0.15, 0.2) is 48.5 Å². The van der Waals surface area contributed by atoms with E-state index in [0.29, 0.717) is 12.1 Å². The zero-order valence-electron chi connectivity index (χ0n) is 14.2. The first-order chi connectivity index (χ1) is 12.2. The molecular weight excluding hydrogens is 319 g/mol. The zero-order chi connectivity index (χ0) is 17.5. The first kappa shape index (κ1) is 17.4. The smallest absolute Gasteiger partial charge is 0.251 e. The van der Waals surface area contributed by atoms with Crippen molar-refractivity contribution in [2.45, 2.75) is 12.8 Å². The summed E-state index contributed by atoms with van der Waals surface area (Å²) in [5.41, 5.74) is 2.97. The fraction of sp³-hybridized carbons (Fsp3) is 0.350. The van der Waals surface area contributed by atoms with Gasteiger partial charge in [-0.3, -0.25) is 4.79 Å². The second-order valence-electron chi connectivity index (χ2n) is 6.13. The van der Waals surface area contributed by atoms with Gasteiger partial charge in [-0.2, -0.15) is 0 Å². The number of anilines is 1. The normalized spacial score (nSPS) is 14.4. The van der Waals surface area contributed by atoms with Crippen molar-refractivity contribution in [3.8, 4) is 0 Å². The van der Waals surface area contributed by atoms with E-state index in [1.807, 2.05) is 0 Å². The molecule has 0 aromatic heterocycles. The summed E-state index contributed by atoms with van der Waals surface area (Å²) in [5.74, 6) is -0.500. The van der Waals surface area contributed by atoms with Crippen molar-refractivity contribution >= 4 is 11.6 Å². The number of carbonyl (C=O) groups is 1. The maximum atomic E-state index is 12.9. The number of rotatable bonds is 6. The van der Waals surface area contributed by atoms with E-state index in [1.54, 1.807) is 0 Å². The molecule has 0 unspecified atom stereocenters. The Labute approximate surface area is 147 Å². The van der Waals surface area contributed by atoms with Crippen molar-refractivity contribution in [1.82, 2.24) is 5.32 Å². The summed E-state index contributed by atoms with van der Waals surface area (Å²) in [6.45, 7) is 4.05. The lowest BCUT2D eigenvalue weighted by atomic mass is 10.1. The predicted octanol–water partition coefficient (Wildman–Crippen LogP) is 3.02. The molecule has 132 valence electrons. The second kappa shape index (κ2) is 8.62. The molecule has 2 aromatic carbocycles. The monoisotopic (exact) mass is 342 g/mol. The summed E-state index contributed by atoms with van der Waals surface area (Å²) in [6, 6.07) is 14.2. The minimum atomic E-state index is -0.336. The zero-order valence-corrected chi connectivity index (χ0v) is 14.2. The van der Waals surface area contributed by atoms with Crippen molar-refractivity contribution in [3.05, 3.63) is 65.5 Å². The molecule has 1 N–H and O–H groups in total. The van der Waals surface area contributed by atoms with Crippen LogP contribution in [0.1, 0.15) is 22.3 Å². The quantitative estimate of drug-likeness (QED) is 0.821. The number of amides is 1. The van der Waals surface area contributed by atoms with Crippen molar-refractivity contribution in [3.63, 3.8) is 0 Å². The molecule has 25 heavy (non-hydrogen) atoms. The number of halogens is 1. The first-order valence-electron chi connectivity index (χ1n) is 8.68. The topological polar surface area (TPSA) is 41.6 Å². The van der Waals surface area contributed by atoms with E-state index >= 15 is 0 Å². The predicted molar refractivity (Wildman–Crippen MR) is 96.5 cm³/mol. The maximum absolute atomic E-state index is 12.9.